The van der Waals surface area contributed by atoms with E-state index in [-0.39, 0.29) is 0 Å². The highest BCUT2D eigenvalue weighted by molar-refractivity contribution is 5.80. The van der Waals surface area contributed by atoms with Crippen molar-refractivity contribution in [2.75, 3.05) is 26.9 Å². The van der Waals surface area contributed by atoms with Gasteiger partial charge in [-0.1, -0.05) is 18.2 Å². The van der Waals surface area contributed by atoms with E-state index in [0.717, 1.165) is 30.9 Å². The fraction of sp³-hybridized carbons (Fsp3) is 0.529. The van der Waals surface area contributed by atoms with E-state index in [1.54, 1.807) is 13.3 Å². The first-order valence-electron chi connectivity index (χ1n) is 8.09. The van der Waals surface area contributed by atoms with Gasteiger partial charge in [-0.05, 0) is 25.8 Å². The first-order valence-corrected chi connectivity index (χ1v) is 8.09. The molecular weight excluding hydrogens is 292 g/mol. The number of ether oxygens (including phenoxy) is 2. The van der Waals surface area contributed by atoms with Gasteiger partial charge in [-0.3, -0.25) is 0 Å². The van der Waals surface area contributed by atoms with Crippen molar-refractivity contribution in [1.82, 2.24) is 15.6 Å². The first kappa shape index (κ1) is 17.3. The number of aliphatic imine (C=N–C) groups is 1. The van der Waals surface area contributed by atoms with Crippen LogP contribution >= 0.6 is 0 Å². The number of methoxy groups -OCH3 is 1. The maximum Gasteiger partial charge on any atom is 0.218 e. The monoisotopic (exact) mass is 318 g/mol. The van der Waals surface area contributed by atoms with Crippen molar-refractivity contribution < 1.29 is 9.47 Å². The van der Waals surface area contributed by atoms with Crippen LogP contribution in [0.1, 0.15) is 25.3 Å². The second-order valence-corrected chi connectivity index (χ2v) is 5.29. The number of hydrogen-bond donors (Lipinski definition) is 2. The van der Waals surface area contributed by atoms with Gasteiger partial charge in [0.05, 0.1) is 13.2 Å². The molecule has 126 valence electrons. The third kappa shape index (κ3) is 5.90. The molecule has 0 spiro atoms. The zero-order valence-corrected chi connectivity index (χ0v) is 13.9. The molecule has 0 aliphatic heterocycles. The average Bonchev–Trinajstić information content (AvgIpc) is 3.07. The molecule has 6 nitrogen and oxygen atoms in total. The fourth-order valence-electron chi connectivity index (χ4n) is 2.31. The van der Waals surface area contributed by atoms with Crippen molar-refractivity contribution >= 4 is 5.96 Å². The summed E-state index contributed by atoms with van der Waals surface area (Å²) in [6, 6.07) is 4.31. The Kier molecular flexibility index (Phi) is 7.39. The maximum atomic E-state index is 5.65. The van der Waals surface area contributed by atoms with E-state index in [9.17, 15) is 0 Å². The Morgan fingerprint density at radius 1 is 1.35 bits per heavy atom. The van der Waals surface area contributed by atoms with Crippen LogP contribution in [0.5, 0.6) is 5.88 Å². The lowest BCUT2D eigenvalue weighted by atomic mass is 10.2. The number of aromatic nitrogens is 1. The summed E-state index contributed by atoms with van der Waals surface area (Å²) < 4.78 is 10.6. The molecule has 0 atom stereocenters. The lowest BCUT2D eigenvalue weighted by molar-refractivity contribution is 0.143. The third-order valence-corrected chi connectivity index (χ3v) is 3.48. The van der Waals surface area contributed by atoms with Gasteiger partial charge in [0, 0.05) is 31.5 Å². The summed E-state index contributed by atoms with van der Waals surface area (Å²) in [6.07, 6.45) is 8.21. The number of pyridine rings is 1. The van der Waals surface area contributed by atoms with E-state index in [0.29, 0.717) is 31.7 Å². The van der Waals surface area contributed by atoms with Gasteiger partial charge >= 0.3 is 0 Å². The largest absolute Gasteiger partial charge is 0.475 e. The van der Waals surface area contributed by atoms with Crippen molar-refractivity contribution in [1.29, 1.82) is 0 Å². The third-order valence-electron chi connectivity index (χ3n) is 3.48. The van der Waals surface area contributed by atoms with E-state index in [1.165, 1.54) is 0 Å². The molecule has 2 rings (SSSR count). The Bertz CT molecular complexity index is 523. The molecule has 23 heavy (non-hydrogen) atoms. The standard InChI is InChI=1S/C17H26N4O2/c1-3-18-17(21-15-8-4-5-9-15)20-13-14-7-6-10-19-16(14)23-12-11-22-2/h4-7,10,15H,3,8-9,11-13H2,1-2H3,(H2,18,20,21). The summed E-state index contributed by atoms with van der Waals surface area (Å²) >= 11 is 0. The quantitative estimate of drug-likeness (QED) is 0.331. The van der Waals surface area contributed by atoms with Crippen LogP contribution in [-0.4, -0.2) is 43.9 Å². The molecule has 1 aromatic rings. The Morgan fingerprint density at radius 2 is 2.17 bits per heavy atom. The Morgan fingerprint density at radius 3 is 2.91 bits per heavy atom. The van der Waals surface area contributed by atoms with Gasteiger partial charge < -0.3 is 20.1 Å². The van der Waals surface area contributed by atoms with Crippen LogP contribution in [0.4, 0.5) is 0 Å². The molecule has 2 N–H and O–H groups in total. The molecule has 0 amide bonds. The zero-order valence-electron chi connectivity index (χ0n) is 13.9. The highest BCUT2D eigenvalue weighted by Crippen LogP contribution is 2.15. The molecule has 0 bridgehead atoms. The zero-order chi connectivity index (χ0) is 16.3. The SMILES string of the molecule is CCNC(=NCc1cccnc1OCCOC)NC1CC=CC1. The number of rotatable bonds is 8. The van der Waals surface area contributed by atoms with Crippen LogP contribution in [0.25, 0.3) is 0 Å². The Balaban J connectivity index is 1.97. The Labute approximate surface area is 138 Å². The fourth-order valence-corrected chi connectivity index (χ4v) is 2.31. The summed E-state index contributed by atoms with van der Waals surface area (Å²) in [7, 11) is 1.65. The minimum Gasteiger partial charge on any atom is -0.475 e. The van der Waals surface area contributed by atoms with Gasteiger partial charge in [0.15, 0.2) is 5.96 Å². The number of nitrogens with zero attached hydrogens (tertiary/aromatic N) is 2. The summed E-state index contributed by atoms with van der Waals surface area (Å²) in [6.45, 7) is 4.43. The minimum absolute atomic E-state index is 0.430. The Hall–Kier alpha value is -2.08. The molecule has 1 aliphatic carbocycles. The van der Waals surface area contributed by atoms with Crippen LogP contribution in [0.3, 0.4) is 0 Å². The maximum absolute atomic E-state index is 5.65. The van der Waals surface area contributed by atoms with Gasteiger partial charge in [-0.15, -0.1) is 0 Å². The number of nitrogens with one attached hydrogen (secondary N) is 2. The summed E-state index contributed by atoms with van der Waals surface area (Å²) in [5.74, 6) is 1.44. The highest BCUT2D eigenvalue weighted by atomic mass is 16.5. The molecule has 0 radical (unpaired) electrons. The van der Waals surface area contributed by atoms with E-state index < -0.39 is 0 Å². The summed E-state index contributed by atoms with van der Waals surface area (Å²) in [4.78, 5) is 8.93. The van der Waals surface area contributed by atoms with Crippen molar-refractivity contribution in [3.8, 4) is 5.88 Å². The average molecular weight is 318 g/mol. The lowest BCUT2D eigenvalue weighted by Crippen LogP contribution is -2.42. The predicted octanol–water partition coefficient (Wildman–Crippen LogP) is 1.88. The number of hydrogen-bond acceptors (Lipinski definition) is 4. The second-order valence-electron chi connectivity index (χ2n) is 5.29. The van der Waals surface area contributed by atoms with Gasteiger partial charge in [0.25, 0.3) is 0 Å². The molecule has 0 saturated carbocycles. The van der Waals surface area contributed by atoms with Gasteiger partial charge in [0.2, 0.25) is 5.88 Å². The van der Waals surface area contributed by atoms with Crippen LogP contribution in [0.2, 0.25) is 0 Å². The van der Waals surface area contributed by atoms with E-state index >= 15 is 0 Å². The molecule has 0 fully saturated rings. The summed E-state index contributed by atoms with van der Waals surface area (Å²) in [5.41, 5.74) is 0.963. The predicted molar refractivity (Wildman–Crippen MR) is 91.7 cm³/mol. The topological polar surface area (TPSA) is 67.8 Å². The molecule has 1 aliphatic rings. The molecule has 0 aromatic carbocycles. The normalized spacial score (nSPS) is 15.0. The van der Waals surface area contributed by atoms with Crippen LogP contribution in [-0.2, 0) is 11.3 Å². The van der Waals surface area contributed by atoms with E-state index in [2.05, 4.69) is 39.7 Å². The van der Waals surface area contributed by atoms with Gasteiger partial charge in [0.1, 0.15) is 6.61 Å². The van der Waals surface area contributed by atoms with Crippen molar-refractivity contribution in [3.05, 3.63) is 36.0 Å². The minimum atomic E-state index is 0.430. The van der Waals surface area contributed by atoms with Crippen LogP contribution < -0.4 is 15.4 Å². The lowest BCUT2D eigenvalue weighted by Gasteiger charge is -2.17. The molecule has 6 heteroatoms. The smallest absolute Gasteiger partial charge is 0.218 e. The highest BCUT2D eigenvalue weighted by Gasteiger charge is 2.12. The van der Waals surface area contributed by atoms with Gasteiger partial charge in [-0.2, -0.15) is 0 Å². The van der Waals surface area contributed by atoms with E-state index in [1.807, 2.05) is 12.1 Å². The second kappa shape index (κ2) is 9.84. The molecule has 0 unspecified atom stereocenters. The van der Waals surface area contributed by atoms with Crippen molar-refractivity contribution in [2.45, 2.75) is 32.4 Å². The van der Waals surface area contributed by atoms with Crippen molar-refractivity contribution in [2.24, 2.45) is 4.99 Å². The van der Waals surface area contributed by atoms with E-state index in [4.69, 9.17) is 9.47 Å². The van der Waals surface area contributed by atoms with Crippen molar-refractivity contribution in [3.63, 3.8) is 0 Å². The molecular formula is C17H26N4O2. The number of guanidine groups is 1. The van der Waals surface area contributed by atoms with Crippen LogP contribution in [0.15, 0.2) is 35.5 Å². The molecule has 1 aromatic heterocycles. The summed E-state index contributed by atoms with van der Waals surface area (Å²) in [5, 5.41) is 6.74. The molecule has 1 heterocycles. The van der Waals surface area contributed by atoms with Gasteiger partial charge in [-0.25, -0.2) is 9.98 Å². The first-order chi connectivity index (χ1) is 11.3. The van der Waals surface area contributed by atoms with Crippen LogP contribution in [0, 0.1) is 0 Å². The molecule has 0 saturated heterocycles.